The molecule has 0 amide bonds. The minimum Gasteiger partial charge on any atom is -0.496 e. The summed E-state index contributed by atoms with van der Waals surface area (Å²) >= 11 is 11.3. The van der Waals surface area contributed by atoms with Crippen LogP contribution in [0.2, 0.25) is 5.02 Å². The number of hydrazone groups is 1. The highest BCUT2D eigenvalue weighted by molar-refractivity contribution is 7.80. The van der Waals surface area contributed by atoms with Crippen molar-refractivity contribution in [2.75, 3.05) is 46.5 Å². The Bertz CT molecular complexity index is 591. The summed E-state index contributed by atoms with van der Waals surface area (Å²) in [5.41, 5.74) is 4.43. The monoisotopic (exact) mass is 370 g/mol. The Hall–Kier alpha value is -1.41. The Labute approximate surface area is 153 Å². The summed E-state index contributed by atoms with van der Waals surface area (Å²) in [6, 6.07) is 5.41. The highest BCUT2D eigenvalue weighted by atomic mass is 35.5. The summed E-state index contributed by atoms with van der Waals surface area (Å²) < 4.78 is 10.7. The number of nitrogens with zero attached hydrogens (tertiary/aromatic N) is 2. The Morgan fingerprint density at radius 2 is 2.17 bits per heavy atom. The third-order valence-electron chi connectivity index (χ3n) is 3.69. The van der Waals surface area contributed by atoms with E-state index in [1.54, 1.807) is 13.2 Å². The molecule has 0 aromatic heterocycles. The molecule has 1 aromatic carbocycles. The normalized spacial score (nSPS) is 15.9. The Morgan fingerprint density at radius 1 is 1.42 bits per heavy atom. The lowest BCUT2D eigenvalue weighted by molar-refractivity contribution is 0.0389. The molecule has 24 heavy (non-hydrogen) atoms. The first-order valence-electron chi connectivity index (χ1n) is 7.82. The van der Waals surface area contributed by atoms with Gasteiger partial charge in [-0.25, -0.2) is 0 Å². The molecular formula is C16H23ClN4O2S. The lowest BCUT2D eigenvalue weighted by Crippen LogP contribution is -2.42. The molecule has 1 heterocycles. The SMILES string of the molecule is COc1ccc(Cl)cc1/C(C)=N\NC(=S)NCCN1CCOCC1. The second-order valence-corrected chi connectivity index (χ2v) is 6.21. The van der Waals surface area contributed by atoms with Gasteiger partial charge < -0.3 is 14.8 Å². The number of morpholine rings is 1. The van der Waals surface area contributed by atoms with Crippen molar-refractivity contribution >= 4 is 34.6 Å². The van der Waals surface area contributed by atoms with Crippen LogP contribution >= 0.6 is 23.8 Å². The van der Waals surface area contributed by atoms with E-state index in [-0.39, 0.29) is 0 Å². The van der Waals surface area contributed by atoms with Crippen molar-refractivity contribution in [3.05, 3.63) is 28.8 Å². The van der Waals surface area contributed by atoms with E-state index in [1.165, 1.54) is 0 Å². The number of nitrogens with one attached hydrogen (secondary N) is 2. The quantitative estimate of drug-likeness (QED) is 0.453. The van der Waals surface area contributed by atoms with E-state index in [2.05, 4.69) is 20.7 Å². The smallest absolute Gasteiger partial charge is 0.187 e. The molecule has 2 N–H and O–H groups in total. The van der Waals surface area contributed by atoms with Gasteiger partial charge in [0.1, 0.15) is 5.75 Å². The zero-order valence-electron chi connectivity index (χ0n) is 14.0. The minimum atomic E-state index is 0.489. The van der Waals surface area contributed by atoms with Crippen LogP contribution in [0.3, 0.4) is 0 Å². The first kappa shape index (κ1) is 18.9. The van der Waals surface area contributed by atoms with E-state index in [0.29, 0.717) is 15.9 Å². The molecule has 1 aromatic rings. The molecule has 0 atom stereocenters. The second-order valence-electron chi connectivity index (χ2n) is 5.36. The fraction of sp³-hybridized carbons (Fsp3) is 0.500. The highest BCUT2D eigenvalue weighted by Gasteiger charge is 2.10. The summed E-state index contributed by atoms with van der Waals surface area (Å²) in [7, 11) is 1.62. The third-order valence-corrected chi connectivity index (χ3v) is 4.16. The molecule has 2 rings (SSSR count). The van der Waals surface area contributed by atoms with Gasteiger partial charge >= 0.3 is 0 Å². The van der Waals surface area contributed by atoms with E-state index in [0.717, 1.165) is 50.7 Å². The number of ether oxygens (including phenoxy) is 2. The van der Waals surface area contributed by atoms with Gasteiger partial charge in [-0.3, -0.25) is 10.3 Å². The Balaban J connectivity index is 1.81. The Morgan fingerprint density at radius 3 is 2.88 bits per heavy atom. The second kappa shape index (κ2) is 9.78. The fourth-order valence-electron chi connectivity index (χ4n) is 2.35. The molecule has 0 radical (unpaired) electrons. The molecule has 132 valence electrons. The van der Waals surface area contributed by atoms with Crippen molar-refractivity contribution in [1.29, 1.82) is 0 Å². The number of halogens is 1. The number of hydrogen-bond donors (Lipinski definition) is 2. The van der Waals surface area contributed by atoms with Gasteiger partial charge in [-0.05, 0) is 37.3 Å². The van der Waals surface area contributed by atoms with Crippen LogP contribution in [0.15, 0.2) is 23.3 Å². The molecule has 0 saturated carbocycles. The zero-order chi connectivity index (χ0) is 17.4. The molecular weight excluding hydrogens is 348 g/mol. The van der Waals surface area contributed by atoms with Crippen molar-refractivity contribution in [3.63, 3.8) is 0 Å². The lowest BCUT2D eigenvalue weighted by atomic mass is 10.1. The summed E-state index contributed by atoms with van der Waals surface area (Å²) in [4.78, 5) is 2.34. The maximum atomic E-state index is 6.04. The van der Waals surface area contributed by atoms with Crippen molar-refractivity contribution in [2.45, 2.75) is 6.92 Å². The van der Waals surface area contributed by atoms with Gasteiger partial charge in [0.25, 0.3) is 0 Å². The number of methoxy groups -OCH3 is 1. The van der Waals surface area contributed by atoms with Crippen LogP contribution in [0.5, 0.6) is 5.75 Å². The van der Waals surface area contributed by atoms with Crippen LogP contribution in [-0.2, 0) is 4.74 Å². The molecule has 1 aliphatic rings. The van der Waals surface area contributed by atoms with Gasteiger partial charge in [-0.15, -0.1) is 0 Å². The molecule has 1 saturated heterocycles. The first-order chi connectivity index (χ1) is 11.6. The van der Waals surface area contributed by atoms with Crippen LogP contribution in [0.4, 0.5) is 0 Å². The summed E-state index contributed by atoms with van der Waals surface area (Å²) in [5.74, 6) is 0.716. The predicted octanol–water partition coefficient (Wildman–Crippen LogP) is 1.87. The first-order valence-corrected chi connectivity index (χ1v) is 8.61. The van der Waals surface area contributed by atoms with Crippen molar-refractivity contribution in [1.82, 2.24) is 15.6 Å². The van der Waals surface area contributed by atoms with Gasteiger partial charge in [0.2, 0.25) is 0 Å². The third kappa shape index (κ3) is 5.90. The van der Waals surface area contributed by atoms with E-state index in [9.17, 15) is 0 Å². The van der Waals surface area contributed by atoms with E-state index in [1.807, 2.05) is 19.1 Å². The summed E-state index contributed by atoms with van der Waals surface area (Å²) in [6.07, 6.45) is 0. The number of thiocarbonyl (C=S) groups is 1. The maximum absolute atomic E-state index is 6.04. The maximum Gasteiger partial charge on any atom is 0.187 e. The van der Waals surface area contributed by atoms with Crippen LogP contribution in [0.1, 0.15) is 12.5 Å². The van der Waals surface area contributed by atoms with Crippen LogP contribution in [0, 0.1) is 0 Å². The largest absolute Gasteiger partial charge is 0.496 e. The van der Waals surface area contributed by atoms with E-state index >= 15 is 0 Å². The molecule has 0 spiro atoms. The van der Waals surface area contributed by atoms with E-state index in [4.69, 9.17) is 33.3 Å². The van der Waals surface area contributed by atoms with Crippen LogP contribution in [-0.4, -0.2) is 62.2 Å². The number of hydrogen-bond acceptors (Lipinski definition) is 5. The van der Waals surface area contributed by atoms with Gasteiger partial charge in [0.15, 0.2) is 5.11 Å². The van der Waals surface area contributed by atoms with Crippen molar-refractivity contribution in [2.24, 2.45) is 5.10 Å². The van der Waals surface area contributed by atoms with Gasteiger partial charge in [0.05, 0.1) is 26.0 Å². The standard InChI is InChI=1S/C16H23ClN4O2S/c1-12(14-11-13(17)3-4-15(14)22-2)19-20-16(24)18-5-6-21-7-9-23-10-8-21/h3-4,11H,5-10H2,1-2H3,(H2,18,20,24)/b19-12-. The topological polar surface area (TPSA) is 58.1 Å². The number of benzene rings is 1. The van der Waals surface area contributed by atoms with Crippen LogP contribution in [0.25, 0.3) is 0 Å². The molecule has 0 unspecified atom stereocenters. The molecule has 6 nitrogen and oxygen atoms in total. The molecule has 0 bridgehead atoms. The molecule has 1 fully saturated rings. The summed E-state index contributed by atoms with van der Waals surface area (Å²) in [6.45, 7) is 7.09. The zero-order valence-corrected chi connectivity index (χ0v) is 15.5. The van der Waals surface area contributed by atoms with Crippen LogP contribution < -0.4 is 15.5 Å². The molecule has 1 aliphatic heterocycles. The van der Waals surface area contributed by atoms with E-state index < -0.39 is 0 Å². The average molecular weight is 371 g/mol. The predicted molar refractivity (Wildman–Crippen MR) is 101 cm³/mol. The van der Waals surface area contributed by atoms with Gasteiger partial charge in [-0.2, -0.15) is 5.10 Å². The van der Waals surface area contributed by atoms with Crippen molar-refractivity contribution < 1.29 is 9.47 Å². The van der Waals surface area contributed by atoms with Gasteiger partial charge in [0, 0.05) is 36.8 Å². The lowest BCUT2D eigenvalue weighted by Gasteiger charge is -2.26. The molecule has 8 heteroatoms. The minimum absolute atomic E-state index is 0.489. The van der Waals surface area contributed by atoms with Crippen molar-refractivity contribution in [3.8, 4) is 5.75 Å². The molecule has 0 aliphatic carbocycles. The highest BCUT2D eigenvalue weighted by Crippen LogP contribution is 2.23. The Kier molecular flexibility index (Phi) is 7.71. The number of rotatable bonds is 6. The van der Waals surface area contributed by atoms with Gasteiger partial charge in [-0.1, -0.05) is 11.6 Å². The average Bonchev–Trinajstić information content (AvgIpc) is 2.60. The summed E-state index contributed by atoms with van der Waals surface area (Å²) in [5, 5.41) is 8.57. The fourth-order valence-corrected chi connectivity index (χ4v) is 2.67.